The summed E-state index contributed by atoms with van der Waals surface area (Å²) in [5, 5.41) is 8.94. The molecule has 20 heavy (non-hydrogen) atoms. The first-order valence-electron chi connectivity index (χ1n) is 6.77. The van der Waals surface area contributed by atoms with Crippen LogP contribution in [0.4, 0.5) is 24.5 Å². The van der Waals surface area contributed by atoms with E-state index < -0.39 is 11.7 Å². The zero-order valence-electron chi connectivity index (χ0n) is 11.2. The number of anilines is 2. The summed E-state index contributed by atoms with van der Waals surface area (Å²) in [5.74, 6) is 0. The Labute approximate surface area is 116 Å². The fourth-order valence-electron chi connectivity index (χ4n) is 2.43. The fourth-order valence-corrected chi connectivity index (χ4v) is 2.43. The monoisotopic (exact) mass is 288 g/mol. The highest BCUT2D eigenvalue weighted by Crippen LogP contribution is 2.38. The SMILES string of the molecule is Nc1ccc(N(CCCO)C2CCC2)cc1C(F)(F)F. The number of benzene rings is 1. The first-order valence-corrected chi connectivity index (χ1v) is 6.77. The number of hydrogen-bond donors (Lipinski definition) is 2. The van der Waals surface area contributed by atoms with E-state index in [-0.39, 0.29) is 18.3 Å². The van der Waals surface area contributed by atoms with Crippen LogP contribution < -0.4 is 10.6 Å². The van der Waals surface area contributed by atoms with Crippen LogP contribution in [0, 0.1) is 0 Å². The quantitative estimate of drug-likeness (QED) is 0.819. The van der Waals surface area contributed by atoms with Crippen molar-refractivity contribution < 1.29 is 18.3 Å². The Balaban J connectivity index is 2.28. The minimum Gasteiger partial charge on any atom is -0.398 e. The lowest BCUT2D eigenvalue weighted by atomic mass is 9.90. The van der Waals surface area contributed by atoms with Gasteiger partial charge in [0.15, 0.2) is 0 Å². The molecule has 0 bridgehead atoms. The van der Waals surface area contributed by atoms with Crippen LogP contribution in [0.3, 0.4) is 0 Å². The molecule has 0 heterocycles. The minimum absolute atomic E-state index is 0.0321. The van der Waals surface area contributed by atoms with Gasteiger partial charge < -0.3 is 15.7 Å². The zero-order chi connectivity index (χ0) is 14.8. The van der Waals surface area contributed by atoms with Gasteiger partial charge in [0.05, 0.1) is 5.56 Å². The number of alkyl halides is 3. The molecular formula is C14H19F3N2O. The average Bonchev–Trinajstić information content (AvgIpc) is 2.31. The number of nitrogens with two attached hydrogens (primary N) is 1. The van der Waals surface area contributed by atoms with E-state index in [1.54, 1.807) is 6.07 Å². The van der Waals surface area contributed by atoms with Crippen LogP contribution in [0.2, 0.25) is 0 Å². The Kier molecular flexibility index (Phi) is 4.42. The van der Waals surface area contributed by atoms with Gasteiger partial charge in [-0.25, -0.2) is 0 Å². The van der Waals surface area contributed by atoms with E-state index in [0.29, 0.717) is 18.7 Å². The van der Waals surface area contributed by atoms with Crippen molar-refractivity contribution >= 4 is 11.4 Å². The summed E-state index contributed by atoms with van der Waals surface area (Å²) in [7, 11) is 0. The van der Waals surface area contributed by atoms with E-state index in [1.165, 1.54) is 6.07 Å². The topological polar surface area (TPSA) is 49.5 Å². The van der Waals surface area contributed by atoms with E-state index >= 15 is 0 Å². The van der Waals surface area contributed by atoms with E-state index in [9.17, 15) is 13.2 Å². The lowest BCUT2D eigenvalue weighted by molar-refractivity contribution is -0.136. The van der Waals surface area contributed by atoms with Crippen molar-refractivity contribution in [2.75, 3.05) is 23.8 Å². The normalized spacial score (nSPS) is 16.0. The molecule has 3 N–H and O–H groups in total. The minimum atomic E-state index is -4.44. The summed E-state index contributed by atoms with van der Waals surface area (Å²) in [5.41, 5.74) is 4.91. The molecule has 1 aliphatic rings. The van der Waals surface area contributed by atoms with Crippen LogP contribution in [-0.2, 0) is 6.18 Å². The van der Waals surface area contributed by atoms with Gasteiger partial charge in [-0.05, 0) is 43.9 Å². The van der Waals surface area contributed by atoms with Gasteiger partial charge in [0.1, 0.15) is 0 Å². The molecule has 1 fully saturated rings. The largest absolute Gasteiger partial charge is 0.418 e. The molecule has 0 radical (unpaired) electrons. The second-order valence-electron chi connectivity index (χ2n) is 5.12. The molecule has 1 aromatic rings. The molecule has 0 amide bonds. The standard InChI is InChI=1S/C14H19F3N2O/c15-14(16,17)12-9-11(5-6-13(12)18)19(7-2-8-20)10-3-1-4-10/h5-6,9-10,20H,1-4,7-8,18H2. The summed E-state index contributed by atoms with van der Waals surface area (Å²) in [6.07, 6.45) is -0.833. The smallest absolute Gasteiger partial charge is 0.398 e. The molecule has 0 saturated heterocycles. The number of hydrogen-bond acceptors (Lipinski definition) is 3. The van der Waals surface area contributed by atoms with Crippen molar-refractivity contribution in [2.45, 2.75) is 37.9 Å². The average molecular weight is 288 g/mol. The molecule has 0 spiro atoms. The van der Waals surface area contributed by atoms with Gasteiger partial charge in [-0.3, -0.25) is 0 Å². The van der Waals surface area contributed by atoms with Crippen molar-refractivity contribution in [3.63, 3.8) is 0 Å². The molecule has 6 heteroatoms. The third-order valence-corrected chi connectivity index (χ3v) is 3.75. The van der Waals surface area contributed by atoms with Crippen molar-refractivity contribution in [3.8, 4) is 0 Å². The third-order valence-electron chi connectivity index (χ3n) is 3.75. The van der Waals surface area contributed by atoms with Gasteiger partial charge in [0.25, 0.3) is 0 Å². The summed E-state index contributed by atoms with van der Waals surface area (Å²) in [6.45, 7) is 0.590. The Hall–Kier alpha value is -1.43. The number of rotatable bonds is 5. The summed E-state index contributed by atoms with van der Waals surface area (Å²) in [6, 6.07) is 4.32. The van der Waals surface area contributed by atoms with Gasteiger partial charge >= 0.3 is 6.18 Å². The van der Waals surface area contributed by atoms with Crippen LogP contribution in [0.5, 0.6) is 0 Å². The van der Waals surface area contributed by atoms with Gasteiger partial charge in [0, 0.05) is 30.6 Å². The maximum Gasteiger partial charge on any atom is 0.418 e. The Morgan fingerprint density at radius 2 is 2.00 bits per heavy atom. The summed E-state index contributed by atoms with van der Waals surface area (Å²) in [4.78, 5) is 1.95. The highest BCUT2D eigenvalue weighted by atomic mass is 19.4. The Morgan fingerprint density at radius 1 is 1.30 bits per heavy atom. The van der Waals surface area contributed by atoms with Gasteiger partial charge in [-0.15, -0.1) is 0 Å². The van der Waals surface area contributed by atoms with Crippen LogP contribution in [0.25, 0.3) is 0 Å². The van der Waals surface area contributed by atoms with Crippen molar-refractivity contribution in [3.05, 3.63) is 23.8 Å². The molecule has 0 atom stereocenters. The fraction of sp³-hybridized carbons (Fsp3) is 0.571. The molecule has 112 valence electrons. The summed E-state index contributed by atoms with van der Waals surface area (Å²) >= 11 is 0. The van der Waals surface area contributed by atoms with Gasteiger partial charge in [0.2, 0.25) is 0 Å². The van der Waals surface area contributed by atoms with Crippen molar-refractivity contribution in [2.24, 2.45) is 0 Å². The predicted octanol–water partition coefficient (Wildman–Crippen LogP) is 3.03. The molecule has 0 aromatic heterocycles. The zero-order valence-corrected chi connectivity index (χ0v) is 11.2. The van der Waals surface area contributed by atoms with E-state index in [2.05, 4.69) is 0 Å². The second kappa shape index (κ2) is 5.91. The Morgan fingerprint density at radius 3 is 2.50 bits per heavy atom. The number of nitrogen functional groups attached to an aromatic ring is 1. The van der Waals surface area contributed by atoms with E-state index in [1.807, 2.05) is 4.90 Å². The lowest BCUT2D eigenvalue weighted by Crippen LogP contribution is -2.41. The predicted molar refractivity (Wildman–Crippen MR) is 72.5 cm³/mol. The maximum atomic E-state index is 12.9. The van der Waals surface area contributed by atoms with Crippen LogP contribution >= 0.6 is 0 Å². The molecule has 0 unspecified atom stereocenters. The molecular weight excluding hydrogens is 269 g/mol. The first-order chi connectivity index (χ1) is 9.43. The Bertz CT molecular complexity index is 458. The molecule has 1 aliphatic carbocycles. The summed E-state index contributed by atoms with van der Waals surface area (Å²) < 4.78 is 38.7. The van der Waals surface area contributed by atoms with E-state index in [4.69, 9.17) is 10.8 Å². The highest BCUT2D eigenvalue weighted by molar-refractivity contribution is 5.60. The molecule has 1 saturated carbocycles. The number of aliphatic hydroxyl groups is 1. The highest BCUT2D eigenvalue weighted by Gasteiger charge is 2.34. The van der Waals surface area contributed by atoms with E-state index in [0.717, 1.165) is 25.3 Å². The second-order valence-corrected chi connectivity index (χ2v) is 5.12. The van der Waals surface area contributed by atoms with Crippen molar-refractivity contribution in [1.29, 1.82) is 0 Å². The lowest BCUT2D eigenvalue weighted by Gasteiger charge is -2.39. The first kappa shape index (κ1) is 15.0. The van der Waals surface area contributed by atoms with Gasteiger partial charge in [-0.2, -0.15) is 13.2 Å². The van der Waals surface area contributed by atoms with Crippen molar-refractivity contribution in [1.82, 2.24) is 0 Å². The van der Waals surface area contributed by atoms with Gasteiger partial charge in [-0.1, -0.05) is 0 Å². The number of halogens is 3. The van der Waals surface area contributed by atoms with Crippen LogP contribution in [-0.4, -0.2) is 24.3 Å². The molecule has 0 aliphatic heterocycles. The molecule has 1 aromatic carbocycles. The molecule has 3 nitrogen and oxygen atoms in total. The number of nitrogens with zero attached hydrogens (tertiary/aromatic N) is 1. The third kappa shape index (κ3) is 3.17. The van der Waals surface area contributed by atoms with Crippen LogP contribution in [0.1, 0.15) is 31.2 Å². The van der Waals surface area contributed by atoms with Crippen LogP contribution in [0.15, 0.2) is 18.2 Å². The maximum absolute atomic E-state index is 12.9. The molecule has 2 rings (SSSR count). The number of aliphatic hydroxyl groups excluding tert-OH is 1.